The molecule has 40 heavy (non-hydrogen) atoms. The average molecular weight is 553 g/mol. The van der Waals surface area contributed by atoms with Crippen LogP contribution in [0.25, 0.3) is 10.9 Å². The molecule has 3 N–H and O–H groups in total. The standard InChI is InChI=1S/C29H27F3N4O4/c1-5-7-26(37)35-24-14-20-23(15-25(24)39-4)33-16-34-27(20)36-22-11-10-19(13-21(22)28(2,3)38)40-18-9-6-8-17(12-18)29(30,31)32/h5-16,38H,1-4H3,(H,35,37)(H,33,34,36). The van der Waals surface area contributed by atoms with Gasteiger partial charge in [0.2, 0.25) is 5.91 Å². The third-order valence-corrected chi connectivity index (χ3v) is 5.83. The monoisotopic (exact) mass is 552 g/mol. The maximum absolute atomic E-state index is 13.1. The molecule has 1 heterocycles. The number of hydrogen-bond donors (Lipinski definition) is 3. The summed E-state index contributed by atoms with van der Waals surface area (Å²) in [6.45, 7) is 4.86. The Morgan fingerprint density at radius 3 is 2.42 bits per heavy atom. The van der Waals surface area contributed by atoms with Crippen molar-refractivity contribution in [3.05, 3.63) is 84.2 Å². The Kier molecular flexibility index (Phi) is 7.96. The first kappa shape index (κ1) is 28.4. The van der Waals surface area contributed by atoms with E-state index in [1.54, 1.807) is 51.1 Å². The van der Waals surface area contributed by atoms with Crippen molar-refractivity contribution in [1.29, 1.82) is 0 Å². The van der Waals surface area contributed by atoms with E-state index >= 15 is 0 Å². The molecule has 1 amide bonds. The number of rotatable bonds is 8. The van der Waals surface area contributed by atoms with E-state index in [1.807, 2.05) is 0 Å². The maximum Gasteiger partial charge on any atom is 0.416 e. The fraction of sp³-hybridized carbons (Fsp3) is 0.207. The van der Waals surface area contributed by atoms with Gasteiger partial charge in [0.05, 0.1) is 29.5 Å². The van der Waals surface area contributed by atoms with E-state index < -0.39 is 17.3 Å². The minimum absolute atomic E-state index is 0.000432. The van der Waals surface area contributed by atoms with Crippen LogP contribution < -0.4 is 20.1 Å². The number of halogens is 3. The number of nitrogens with zero attached hydrogens (tertiary/aromatic N) is 2. The van der Waals surface area contributed by atoms with Gasteiger partial charge in [0.1, 0.15) is 29.4 Å². The van der Waals surface area contributed by atoms with Crippen LogP contribution in [-0.2, 0) is 16.6 Å². The lowest BCUT2D eigenvalue weighted by atomic mass is 9.96. The van der Waals surface area contributed by atoms with Crippen LogP contribution in [0.4, 0.5) is 30.4 Å². The zero-order valence-corrected chi connectivity index (χ0v) is 22.1. The van der Waals surface area contributed by atoms with Crippen molar-refractivity contribution >= 4 is 34.0 Å². The molecule has 8 nitrogen and oxygen atoms in total. The van der Waals surface area contributed by atoms with E-state index in [-0.39, 0.29) is 17.4 Å². The van der Waals surface area contributed by atoms with Crippen LogP contribution in [0.1, 0.15) is 31.9 Å². The van der Waals surface area contributed by atoms with Crippen LogP contribution in [0.5, 0.6) is 17.2 Å². The Balaban J connectivity index is 1.72. The largest absolute Gasteiger partial charge is 0.494 e. The minimum atomic E-state index is -4.51. The van der Waals surface area contributed by atoms with Gasteiger partial charge in [0.15, 0.2) is 0 Å². The molecular weight excluding hydrogens is 525 g/mol. The number of aromatic nitrogens is 2. The summed E-state index contributed by atoms with van der Waals surface area (Å²) in [4.78, 5) is 20.8. The lowest BCUT2D eigenvalue weighted by Gasteiger charge is -2.23. The van der Waals surface area contributed by atoms with Crippen molar-refractivity contribution in [2.24, 2.45) is 0 Å². The third kappa shape index (κ3) is 6.49. The zero-order valence-electron chi connectivity index (χ0n) is 22.1. The molecule has 0 unspecified atom stereocenters. The Labute approximate surface area is 228 Å². The number of carbonyl (C=O) groups is 1. The number of allylic oxidation sites excluding steroid dienone is 1. The molecular formula is C29H27F3N4O4. The first-order valence-corrected chi connectivity index (χ1v) is 12.1. The molecule has 0 radical (unpaired) electrons. The third-order valence-electron chi connectivity index (χ3n) is 5.83. The summed E-state index contributed by atoms with van der Waals surface area (Å²) in [5.74, 6) is 0.676. The highest BCUT2D eigenvalue weighted by molar-refractivity contribution is 6.03. The van der Waals surface area contributed by atoms with E-state index in [1.165, 1.54) is 37.7 Å². The molecule has 208 valence electrons. The first-order valence-electron chi connectivity index (χ1n) is 12.1. The molecule has 4 rings (SSSR count). The van der Waals surface area contributed by atoms with Crippen LogP contribution in [0, 0.1) is 0 Å². The summed E-state index contributed by atoms with van der Waals surface area (Å²) < 4.78 is 50.5. The fourth-order valence-corrected chi connectivity index (χ4v) is 3.98. The number of nitrogens with one attached hydrogen (secondary N) is 2. The first-order chi connectivity index (χ1) is 18.9. The molecule has 11 heteroatoms. The number of amides is 1. The van der Waals surface area contributed by atoms with Gasteiger partial charge in [-0.15, -0.1) is 0 Å². The van der Waals surface area contributed by atoms with E-state index in [9.17, 15) is 23.1 Å². The summed E-state index contributed by atoms with van der Waals surface area (Å²) in [6, 6.07) is 12.6. The van der Waals surface area contributed by atoms with Gasteiger partial charge in [-0.2, -0.15) is 13.2 Å². The van der Waals surface area contributed by atoms with Gasteiger partial charge >= 0.3 is 6.18 Å². The van der Waals surface area contributed by atoms with Gasteiger partial charge in [-0.1, -0.05) is 12.1 Å². The van der Waals surface area contributed by atoms with Gasteiger partial charge in [0.25, 0.3) is 0 Å². The molecule has 0 aliphatic heterocycles. The SMILES string of the molecule is CC=CC(=O)Nc1cc2c(Nc3ccc(Oc4cccc(C(F)(F)F)c4)cc3C(C)(C)O)ncnc2cc1OC. The number of carbonyl (C=O) groups excluding carboxylic acids is 1. The highest BCUT2D eigenvalue weighted by Gasteiger charge is 2.30. The molecule has 0 aliphatic rings. The van der Waals surface area contributed by atoms with E-state index in [2.05, 4.69) is 20.6 Å². The van der Waals surface area contributed by atoms with Crippen LogP contribution in [0.15, 0.2) is 73.1 Å². The van der Waals surface area contributed by atoms with E-state index in [0.29, 0.717) is 39.4 Å². The number of fused-ring (bicyclic) bond motifs is 1. The van der Waals surface area contributed by atoms with Crippen LogP contribution in [0.3, 0.4) is 0 Å². The number of ether oxygens (including phenoxy) is 2. The van der Waals surface area contributed by atoms with Crippen LogP contribution in [-0.4, -0.2) is 28.1 Å². The molecule has 0 atom stereocenters. The van der Waals surface area contributed by atoms with E-state index in [0.717, 1.165) is 12.1 Å². The Hall–Kier alpha value is -4.64. The molecule has 0 bridgehead atoms. The van der Waals surface area contributed by atoms with Crippen molar-refractivity contribution in [2.45, 2.75) is 32.5 Å². The Bertz CT molecular complexity index is 1580. The van der Waals surface area contributed by atoms with Crippen LogP contribution >= 0.6 is 0 Å². The summed E-state index contributed by atoms with van der Waals surface area (Å²) in [5.41, 5.74) is -0.387. The minimum Gasteiger partial charge on any atom is -0.494 e. The van der Waals surface area contributed by atoms with Crippen molar-refractivity contribution in [3.8, 4) is 17.2 Å². The Morgan fingerprint density at radius 2 is 1.75 bits per heavy atom. The quantitative estimate of drug-likeness (QED) is 0.204. The van der Waals surface area contributed by atoms with Crippen molar-refractivity contribution in [2.75, 3.05) is 17.7 Å². The normalized spacial score (nSPS) is 12.0. The predicted octanol–water partition coefficient (Wildman–Crippen LogP) is 6.94. The zero-order chi connectivity index (χ0) is 29.1. The van der Waals surface area contributed by atoms with Gasteiger partial charge < -0.3 is 25.2 Å². The Morgan fingerprint density at radius 1 is 1.00 bits per heavy atom. The lowest BCUT2D eigenvalue weighted by Crippen LogP contribution is -2.18. The predicted molar refractivity (Wildman–Crippen MR) is 146 cm³/mol. The van der Waals surface area contributed by atoms with Crippen LogP contribution in [0.2, 0.25) is 0 Å². The molecule has 0 saturated heterocycles. The molecule has 0 spiro atoms. The second-order valence-corrected chi connectivity index (χ2v) is 9.30. The summed E-state index contributed by atoms with van der Waals surface area (Å²) in [7, 11) is 1.48. The number of anilines is 3. The maximum atomic E-state index is 13.1. The van der Waals surface area contributed by atoms with Gasteiger partial charge in [-0.05, 0) is 69.3 Å². The van der Waals surface area contributed by atoms with Gasteiger partial charge in [-0.3, -0.25) is 4.79 Å². The number of methoxy groups -OCH3 is 1. The second kappa shape index (κ2) is 11.2. The molecule has 1 aromatic heterocycles. The number of hydrogen-bond acceptors (Lipinski definition) is 7. The number of alkyl halides is 3. The molecule has 0 saturated carbocycles. The summed E-state index contributed by atoms with van der Waals surface area (Å²) >= 11 is 0. The molecule has 0 aliphatic carbocycles. The average Bonchev–Trinajstić information content (AvgIpc) is 2.88. The smallest absolute Gasteiger partial charge is 0.416 e. The molecule has 4 aromatic rings. The topological polar surface area (TPSA) is 106 Å². The number of aliphatic hydroxyl groups is 1. The second-order valence-electron chi connectivity index (χ2n) is 9.30. The highest BCUT2D eigenvalue weighted by atomic mass is 19.4. The van der Waals surface area contributed by atoms with E-state index in [4.69, 9.17) is 9.47 Å². The fourth-order valence-electron chi connectivity index (χ4n) is 3.98. The van der Waals surface area contributed by atoms with Crippen molar-refractivity contribution in [3.63, 3.8) is 0 Å². The van der Waals surface area contributed by atoms with Gasteiger partial charge in [-0.25, -0.2) is 9.97 Å². The highest BCUT2D eigenvalue weighted by Crippen LogP contribution is 2.38. The lowest BCUT2D eigenvalue weighted by molar-refractivity contribution is -0.137. The summed E-state index contributed by atoms with van der Waals surface area (Å²) in [6.07, 6.45) is -0.164. The molecule has 0 fully saturated rings. The summed E-state index contributed by atoms with van der Waals surface area (Å²) in [5, 5.41) is 17.4. The van der Waals surface area contributed by atoms with Crippen molar-refractivity contribution < 1.29 is 32.5 Å². The van der Waals surface area contributed by atoms with Gasteiger partial charge in [0, 0.05) is 22.7 Å². The van der Waals surface area contributed by atoms with Crippen molar-refractivity contribution in [1.82, 2.24) is 9.97 Å². The number of benzene rings is 3. The molecule has 3 aromatic carbocycles.